The Labute approximate surface area is 102 Å². The summed E-state index contributed by atoms with van der Waals surface area (Å²) in [6, 6.07) is 0. The van der Waals surface area contributed by atoms with Crippen molar-refractivity contribution in [1.29, 1.82) is 0 Å². The molecule has 0 amide bonds. The second kappa shape index (κ2) is 6.83. The van der Waals surface area contributed by atoms with E-state index in [4.69, 9.17) is 5.11 Å². The highest BCUT2D eigenvalue weighted by atomic mass is 32.2. The number of thioether (sulfide) groups is 1. The van der Waals surface area contributed by atoms with Gasteiger partial charge in [0.1, 0.15) is 5.37 Å². The van der Waals surface area contributed by atoms with E-state index in [9.17, 15) is 8.42 Å². The first-order valence-electron chi connectivity index (χ1n) is 5.76. The molecule has 1 aliphatic rings. The van der Waals surface area contributed by atoms with Crippen LogP contribution in [0.25, 0.3) is 0 Å². The largest absolute Gasteiger partial charge is 0.396 e. The number of hydrogen-bond donors (Lipinski definition) is 1. The summed E-state index contributed by atoms with van der Waals surface area (Å²) in [5, 5.41) is 8.42. The molecule has 96 valence electrons. The molecule has 16 heavy (non-hydrogen) atoms. The number of rotatable bonds is 6. The number of nitrogens with zero attached hydrogens (tertiary/aromatic N) is 1. The Balaban J connectivity index is 2.57. The summed E-state index contributed by atoms with van der Waals surface area (Å²) in [5.74, 6) is 1.92. The SMILES string of the molecule is CCS(=O)(=O)C1CSCCN1CCCCO. The first-order chi connectivity index (χ1) is 7.61. The van der Waals surface area contributed by atoms with E-state index in [0.717, 1.165) is 31.7 Å². The molecule has 0 saturated carbocycles. The molecule has 1 N–H and O–H groups in total. The highest BCUT2D eigenvalue weighted by Crippen LogP contribution is 2.21. The molecule has 1 heterocycles. The lowest BCUT2D eigenvalue weighted by Gasteiger charge is -2.34. The van der Waals surface area contributed by atoms with E-state index in [2.05, 4.69) is 4.90 Å². The van der Waals surface area contributed by atoms with Crippen molar-refractivity contribution in [2.24, 2.45) is 0 Å². The van der Waals surface area contributed by atoms with Gasteiger partial charge in [-0.25, -0.2) is 8.42 Å². The van der Waals surface area contributed by atoms with Crippen molar-refractivity contribution in [2.75, 3.05) is 37.0 Å². The van der Waals surface area contributed by atoms with Gasteiger partial charge in [0.15, 0.2) is 9.84 Å². The normalized spacial score (nSPS) is 23.5. The topological polar surface area (TPSA) is 57.6 Å². The molecule has 0 spiro atoms. The molecular weight excluding hydrogens is 246 g/mol. The maximum Gasteiger partial charge on any atom is 0.166 e. The fourth-order valence-electron chi connectivity index (χ4n) is 1.82. The molecule has 1 fully saturated rings. The van der Waals surface area contributed by atoms with E-state index in [1.165, 1.54) is 0 Å². The van der Waals surface area contributed by atoms with Crippen LogP contribution in [0.1, 0.15) is 19.8 Å². The van der Waals surface area contributed by atoms with Gasteiger partial charge in [-0.05, 0) is 19.4 Å². The number of aliphatic hydroxyl groups is 1. The first kappa shape index (κ1) is 14.3. The Bertz CT molecular complexity index is 292. The summed E-state index contributed by atoms with van der Waals surface area (Å²) in [6.45, 7) is 3.53. The van der Waals surface area contributed by atoms with Crippen molar-refractivity contribution in [3.8, 4) is 0 Å². The lowest BCUT2D eigenvalue weighted by molar-refractivity contribution is 0.239. The minimum Gasteiger partial charge on any atom is -0.396 e. The molecule has 1 aliphatic heterocycles. The quantitative estimate of drug-likeness (QED) is 0.713. The summed E-state index contributed by atoms with van der Waals surface area (Å²) in [4.78, 5) is 2.06. The van der Waals surface area contributed by atoms with Gasteiger partial charge in [-0.1, -0.05) is 6.92 Å². The molecule has 4 nitrogen and oxygen atoms in total. The van der Waals surface area contributed by atoms with E-state index >= 15 is 0 Å². The second-order valence-corrected chi connectivity index (χ2v) is 7.54. The molecule has 0 aromatic rings. The van der Waals surface area contributed by atoms with Crippen molar-refractivity contribution in [3.63, 3.8) is 0 Å². The predicted octanol–water partition coefficient (Wildman–Crippen LogP) is 0.568. The van der Waals surface area contributed by atoms with Crippen LogP contribution in [0.4, 0.5) is 0 Å². The molecule has 0 aromatic heterocycles. The van der Waals surface area contributed by atoms with Crippen molar-refractivity contribution in [2.45, 2.75) is 25.1 Å². The summed E-state index contributed by atoms with van der Waals surface area (Å²) in [6.07, 6.45) is 1.62. The lowest BCUT2D eigenvalue weighted by atomic mass is 10.3. The first-order valence-corrected chi connectivity index (χ1v) is 8.63. The van der Waals surface area contributed by atoms with Crippen LogP contribution in [0.3, 0.4) is 0 Å². The van der Waals surface area contributed by atoms with Crippen LogP contribution in [0, 0.1) is 0 Å². The van der Waals surface area contributed by atoms with Gasteiger partial charge in [0.05, 0.1) is 0 Å². The Morgan fingerprint density at radius 1 is 1.44 bits per heavy atom. The van der Waals surface area contributed by atoms with Crippen molar-refractivity contribution < 1.29 is 13.5 Å². The van der Waals surface area contributed by atoms with E-state index in [1.807, 2.05) is 0 Å². The van der Waals surface area contributed by atoms with E-state index in [-0.39, 0.29) is 17.7 Å². The summed E-state index contributed by atoms with van der Waals surface area (Å²) < 4.78 is 23.8. The maximum atomic E-state index is 11.9. The summed E-state index contributed by atoms with van der Waals surface area (Å²) in [7, 11) is -2.96. The number of aliphatic hydroxyl groups excluding tert-OH is 1. The van der Waals surface area contributed by atoms with Crippen LogP contribution >= 0.6 is 11.8 Å². The fourth-order valence-corrected chi connectivity index (χ4v) is 4.93. The van der Waals surface area contributed by atoms with Gasteiger partial charge in [0, 0.05) is 30.4 Å². The highest BCUT2D eigenvalue weighted by molar-refractivity contribution is 8.01. The molecule has 6 heteroatoms. The molecule has 1 saturated heterocycles. The van der Waals surface area contributed by atoms with Crippen LogP contribution in [0.5, 0.6) is 0 Å². The molecule has 0 bridgehead atoms. The van der Waals surface area contributed by atoms with Crippen molar-refractivity contribution in [3.05, 3.63) is 0 Å². The third kappa shape index (κ3) is 3.91. The van der Waals surface area contributed by atoms with Gasteiger partial charge in [0.25, 0.3) is 0 Å². The monoisotopic (exact) mass is 267 g/mol. The van der Waals surface area contributed by atoms with E-state index in [1.54, 1.807) is 18.7 Å². The highest BCUT2D eigenvalue weighted by Gasteiger charge is 2.32. The Morgan fingerprint density at radius 3 is 2.81 bits per heavy atom. The van der Waals surface area contributed by atoms with Crippen LogP contribution < -0.4 is 0 Å². The van der Waals surface area contributed by atoms with Crippen LogP contribution in [-0.2, 0) is 9.84 Å². The number of unbranched alkanes of at least 4 members (excludes halogenated alkanes) is 1. The van der Waals surface area contributed by atoms with Gasteiger partial charge >= 0.3 is 0 Å². The average Bonchev–Trinajstić information content (AvgIpc) is 2.30. The Morgan fingerprint density at radius 2 is 2.19 bits per heavy atom. The van der Waals surface area contributed by atoms with E-state index in [0.29, 0.717) is 5.75 Å². The number of hydrogen-bond acceptors (Lipinski definition) is 5. The third-order valence-corrected chi connectivity index (χ3v) is 6.19. The molecule has 1 atom stereocenters. The molecule has 0 radical (unpaired) electrons. The standard InChI is InChI=1S/C10H21NO3S2/c1-2-16(13,14)10-9-15-8-6-11(10)5-3-4-7-12/h10,12H,2-9H2,1H3. The predicted molar refractivity (Wildman–Crippen MR) is 68.5 cm³/mol. The molecule has 1 rings (SSSR count). The molecular formula is C10H21NO3S2. The zero-order valence-electron chi connectivity index (χ0n) is 9.76. The van der Waals surface area contributed by atoms with Crippen molar-refractivity contribution in [1.82, 2.24) is 4.90 Å². The number of sulfone groups is 1. The second-order valence-electron chi connectivity index (χ2n) is 3.95. The average molecular weight is 267 g/mol. The zero-order chi connectivity index (χ0) is 12.0. The van der Waals surface area contributed by atoms with Crippen LogP contribution in [0.15, 0.2) is 0 Å². The minimum absolute atomic E-state index is 0.188. The summed E-state index contributed by atoms with van der Waals surface area (Å²) in [5.41, 5.74) is 0. The molecule has 0 aliphatic carbocycles. The van der Waals surface area contributed by atoms with Crippen LogP contribution in [0.2, 0.25) is 0 Å². The van der Waals surface area contributed by atoms with Crippen molar-refractivity contribution >= 4 is 21.6 Å². The zero-order valence-corrected chi connectivity index (χ0v) is 11.4. The Hall–Kier alpha value is 0.220. The lowest BCUT2D eigenvalue weighted by Crippen LogP contribution is -2.48. The third-order valence-electron chi connectivity index (χ3n) is 2.86. The molecule has 0 aromatic carbocycles. The van der Waals surface area contributed by atoms with Gasteiger partial charge < -0.3 is 5.11 Å². The smallest absolute Gasteiger partial charge is 0.166 e. The molecule has 1 unspecified atom stereocenters. The van der Waals surface area contributed by atoms with Gasteiger partial charge in [0.2, 0.25) is 0 Å². The Kier molecular flexibility index (Phi) is 6.10. The van der Waals surface area contributed by atoms with Gasteiger partial charge in [-0.3, -0.25) is 4.90 Å². The van der Waals surface area contributed by atoms with Gasteiger partial charge in [-0.15, -0.1) is 0 Å². The van der Waals surface area contributed by atoms with Crippen LogP contribution in [-0.4, -0.2) is 60.8 Å². The fraction of sp³-hybridized carbons (Fsp3) is 1.00. The maximum absolute atomic E-state index is 11.9. The summed E-state index contributed by atoms with van der Waals surface area (Å²) >= 11 is 1.72. The van der Waals surface area contributed by atoms with E-state index < -0.39 is 9.84 Å². The van der Waals surface area contributed by atoms with Gasteiger partial charge in [-0.2, -0.15) is 11.8 Å². The minimum atomic E-state index is -2.96.